The molecule has 6 N–H and O–H groups in total. The lowest BCUT2D eigenvalue weighted by molar-refractivity contribution is 0.0686. The highest BCUT2D eigenvalue weighted by atomic mass is 16.5. The first-order valence-corrected chi connectivity index (χ1v) is 34.5. The molecule has 4 saturated carbocycles. The molecule has 0 radical (unpaired) electrons. The first kappa shape index (κ1) is 64.6. The Morgan fingerprint density at radius 3 is 0.860 bits per heavy atom. The van der Waals surface area contributed by atoms with Crippen molar-refractivity contribution in [2.75, 3.05) is 0 Å². The van der Waals surface area contributed by atoms with Crippen LogP contribution in [0, 0.1) is 27.7 Å². The molecule has 0 aromatic heterocycles. The van der Waals surface area contributed by atoms with E-state index >= 15 is 0 Å². The maximum Gasteiger partial charge on any atom is 0.335 e. The minimum Gasteiger partial charge on any atom is -0.508 e. The summed E-state index contributed by atoms with van der Waals surface area (Å²) in [4.78, 5) is 24.0. The molecule has 8 aromatic rings. The lowest BCUT2D eigenvalue weighted by Gasteiger charge is -2.30. The highest BCUT2D eigenvalue weighted by Crippen LogP contribution is 2.51. The van der Waals surface area contributed by atoms with E-state index in [1.54, 1.807) is 48.5 Å². The van der Waals surface area contributed by atoms with Crippen molar-refractivity contribution in [3.8, 4) is 34.5 Å². The van der Waals surface area contributed by atoms with E-state index in [1.165, 1.54) is 25.7 Å². The van der Waals surface area contributed by atoms with Crippen molar-refractivity contribution in [2.24, 2.45) is 0 Å². The van der Waals surface area contributed by atoms with Crippen LogP contribution in [0.1, 0.15) is 285 Å². The van der Waals surface area contributed by atoms with Gasteiger partial charge in [-0.15, -0.1) is 0 Å². The molecular formula is C83H92O10. The second-order valence-corrected chi connectivity index (χ2v) is 27.8. The van der Waals surface area contributed by atoms with Gasteiger partial charge in [0.15, 0.2) is 0 Å². The van der Waals surface area contributed by atoms with E-state index in [1.807, 2.05) is 24.3 Å². The zero-order valence-corrected chi connectivity index (χ0v) is 54.7. The van der Waals surface area contributed by atoms with Crippen LogP contribution in [0.5, 0.6) is 34.5 Å². The number of phenolic OH excluding ortho intramolecular Hbond substituents is 4. The number of carboxylic acids is 2. The fraction of sp³-hybridized carbons (Fsp3) is 0.398. The molecular weight excluding hydrogens is 1160 g/mol. The van der Waals surface area contributed by atoms with Gasteiger partial charge in [-0.2, -0.15) is 0 Å². The summed E-state index contributed by atoms with van der Waals surface area (Å²) in [5.41, 5.74) is 17.8. The van der Waals surface area contributed by atoms with Crippen molar-refractivity contribution in [1.29, 1.82) is 0 Å². The van der Waals surface area contributed by atoms with Crippen LogP contribution in [0.3, 0.4) is 0 Å². The van der Waals surface area contributed by atoms with E-state index in [-0.39, 0.29) is 48.0 Å². The third kappa shape index (κ3) is 14.5. The molecule has 0 spiro atoms. The fourth-order valence-electron chi connectivity index (χ4n) is 16.3. The Balaban J connectivity index is 1.05. The number of aromatic carboxylic acids is 2. The summed E-state index contributed by atoms with van der Waals surface area (Å²) < 4.78 is 14.1. The summed E-state index contributed by atoms with van der Waals surface area (Å²) in [7, 11) is 0. The summed E-state index contributed by atoms with van der Waals surface area (Å²) in [5.74, 6) is 0.647. The van der Waals surface area contributed by atoms with Crippen LogP contribution in [0.4, 0.5) is 0 Å². The average Bonchev–Trinajstić information content (AvgIpc) is 0.770. The number of carbonyl (C=O) groups is 2. The van der Waals surface area contributed by atoms with Crippen LogP contribution >= 0.6 is 0 Å². The molecule has 0 unspecified atom stereocenters. The summed E-state index contributed by atoms with van der Waals surface area (Å²) in [5, 5.41) is 67.3. The van der Waals surface area contributed by atoms with Crippen molar-refractivity contribution in [3.63, 3.8) is 0 Å². The van der Waals surface area contributed by atoms with Crippen LogP contribution in [0.25, 0.3) is 0 Å². The van der Waals surface area contributed by atoms with Crippen LogP contribution in [0.15, 0.2) is 133 Å². The second kappa shape index (κ2) is 28.8. The number of hydrogen-bond acceptors (Lipinski definition) is 8. The van der Waals surface area contributed by atoms with Crippen LogP contribution in [0.2, 0.25) is 0 Å². The van der Waals surface area contributed by atoms with Gasteiger partial charge in [-0.3, -0.25) is 0 Å². The molecule has 4 aliphatic rings. The van der Waals surface area contributed by atoms with E-state index in [0.29, 0.717) is 40.9 Å². The molecule has 93 heavy (non-hydrogen) atoms. The fourth-order valence-corrected chi connectivity index (χ4v) is 16.3. The molecule has 0 amide bonds. The van der Waals surface area contributed by atoms with Gasteiger partial charge in [0.1, 0.15) is 47.7 Å². The van der Waals surface area contributed by atoms with Crippen LogP contribution < -0.4 is 9.47 Å². The van der Waals surface area contributed by atoms with Crippen molar-refractivity contribution >= 4 is 11.9 Å². The van der Waals surface area contributed by atoms with Gasteiger partial charge in [-0.25, -0.2) is 9.59 Å². The summed E-state index contributed by atoms with van der Waals surface area (Å²) in [6.07, 6.45) is 22.1. The highest BCUT2D eigenvalue weighted by molar-refractivity contribution is 5.88. The first-order chi connectivity index (χ1) is 45.0. The van der Waals surface area contributed by atoms with Crippen LogP contribution in [-0.4, -0.2) is 42.6 Å². The lowest BCUT2D eigenvalue weighted by atomic mass is 9.75. The molecule has 12 rings (SSSR count). The normalized spacial score (nSPS) is 16.2. The quantitative estimate of drug-likeness (QED) is 0.0403. The number of carboxylic acid groups (broad SMARTS) is 2. The van der Waals surface area contributed by atoms with Crippen molar-refractivity contribution in [3.05, 3.63) is 245 Å². The first-order valence-electron chi connectivity index (χ1n) is 34.5. The number of aryl methyl sites for hydroxylation is 4. The van der Waals surface area contributed by atoms with E-state index in [4.69, 9.17) is 9.47 Å². The summed E-state index contributed by atoms with van der Waals surface area (Å²) in [6.45, 7) is 8.72. The van der Waals surface area contributed by atoms with Gasteiger partial charge in [-0.1, -0.05) is 150 Å². The van der Waals surface area contributed by atoms with Crippen LogP contribution in [-0.2, 0) is 19.6 Å². The maximum absolute atomic E-state index is 12.0. The van der Waals surface area contributed by atoms with Gasteiger partial charge in [-0.05, 0) is 259 Å². The Labute approximate surface area is 549 Å². The van der Waals surface area contributed by atoms with Crippen molar-refractivity contribution < 1.29 is 49.7 Å². The highest BCUT2D eigenvalue weighted by Gasteiger charge is 2.33. The van der Waals surface area contributed by atoms with Gasteiger partial charge in [0.05, 0.1) is 11.1 Å². The molecule has 484 valence electrons. The van der Waals surface area contributed by atoms with Crippen molar-refractivity contribution in [1.82, 2.24) is 0 Å². The molecule has 0 atom stereocenters. The number of ether oxygens (including phenoxy) is 2. The standard InChI is InChI=1S/C83H92O10/c1-50-37-74(84)68(58-17-9-5-10-18-58)44-64(50)80(65-45-69(75(85)38-51(65)2)59-19-11-6-12-20-59)72-42-56(29-35-78(72)92-48-54-25-31-62(32-26-54)82(88)89)41-57-30-36-79(93-49-55-27-33-63(34-28-55)83(90)91)73(43-57)81(66-46-70(76(86)39-52(66)3)60-21-13-7-14-22-60)67-47-71(77(87)40-53(67)4)61-23-15-8-16-24-61/h25-40,42-47,58-61,80-81,84-87H,5-24,41,48-49H2,1-4H3,(H,88,89)(H,90,91). The van der Waals surface area contributed by atoms with E-state index in [9.17, 15) is 40.2 Å². The molecule has 0 aliphatic heterocycles. The number of phenols is 4. The third-order valence-corrected chi connectivity index (χ3v) is 21.5. The average molecular weight is 1250 g/mol. The molecule has 4 aliphatic carbocycles. The molecule has 8 aromatic carbocycles. The predicted octanol–water partition coefficient (Wildman–Crippen LogP) is 20.4. The Morgan fingerprint density at radius 1 is 0.344 bits per heavy atom. The topological polar surface area (TPSA) is 174 Å². The second-order valence-electron chi connectivity index (χ2n) is 27.8. The number of benzene rings is 8. The summed E-state index contributed by atoms with van der Waals surface area (Å²) in [6, 6.07) is 43.5. The molecule has 10 nitrogen and oxygen atoms in total. The Morgan fingerprint density at radius 2 is 0.602 bits per heavy atom. The van der Waals surface area contributed by atoms with E-state index in [2.05, 4.69) is 88.4 Å². The lowest BCUT2D eigenvalue weighted by Crippen LogP contribution is -2.14. The molecule has 4 fully saturated rings. The SMILES string of the molecule is Cc1cc(O)c(C2CCCCC2)cc1C(c1cc(C2CCCCC2)c(O)cc1C)c1cc(Cc2ccc(OCc3ccc(C(=O)O)cc3)c(C(c3cc(C4CCCCC4)c(O)cc3C)c3cc(C4CCCCC4)c(O)cc3C)c2)ccc1OCc1ccc(C(=O)O)cc1. The Hall–Kier alpha value is -8.50. The minimum absolute atomic E-state index is 0.178. The van der Waals surface area contributed by atoms with E-state index in [0.717, 1.165) is 203 Å². The Kier molecular flexibility index (Phi) is 20.0. The van der Waals surface area contributed by atoms with Gasteiger partial charge in [0, 0.05) is 23.0 Å². The largest absolute Gasteiger partial charge is 0.508 e. The third-order valence-electron chi connectivity index (χ3n) is 21.5. The zero-order chi connectivity index (χ0) is 64.9. The Bertz CT molecular complexity index is 3580. The maximum atomic E-state index is 12.0. The number of rotatable bonds is 20. The van der Waals surface area contributed by atoms with Gasteiger partial charge in [0.2, 0.25) is 0 Å². The van der Waals surface area contributed by atoms with E-state index < -0.39 is 23.8 Å². The molecule has 0 heterocycles. The van der Waals surface area contributed by atoms with Gasteiger partial charge < -0.3 is 40.1 Å². The zero-order valence-electron chi connectivity index (χ0n) is 54.7. The predicted molar refractivity (Wildman–Crippen MR) is 368 cm³/mol. The van der Waals surface area contributed by atoms with Crippen molar-refractivity contribution in [2.45, 2.75) is 211 Å². The monoisotopic (exact) mass is 1250 g/mol. The molecule has 0 bridgehead atoms. The molecule has 10 heteroatoms. The van der Waals surface area contributed by atoms with Gasteiger partial charge >= 0.3 is 11.9 Å². The number of hydrogen-bond donors (Lipinski definition) is 6. The minimum atomic E-state index is -0.995. The number of aromatic hydroxyl groups is 4. The molecule has 0 saturated heterocycles. The smallest absolute Gasteiger partial charge is 0.335 e. The van der Waals surface area contributed by atoms with Gasteiger partial charge in [0.25, 0.3) is 0 Å². The summed E-state index contributed by atoms with van der Waals surface area (Å²) >= 11 is 0.